The van der Waals surface area contributed by atoms with Gasteiger partial charge in [-0.1, -0.05) is 17.7 Å². The van der Waals surface area contributed by atoms with Gasteiger partial charge in [0.1, 0.15) is 5.82 Å². The van der Waals surface area contributed by atoms with Gasteiger partial charge in [0.2, 0.25) is 0 Å². The number of halogens is 1. The summed E-state index contributed by atoms with van der Waals surface area (Å²) in [5.74, 6) is -0.621. The third-order valence-corrected chi connectivity index (χ3v) is 5.68. The van der Waals surface area contributed by atoms with Gasteiger partial charge in [0.05, 0.1) is 10.6 Å². The number of carbonyl (C=O) groups is 1. The third kappa shape index (κ3) is 5.29. The first kappa shape index (κ1) is 19.9. The average molecular weight is 378 g/mol. The summed E-state index contributed by atoms with van der Waals surface area (Å²) in [6.45, 7) is 5.75. The third-order valence-electron chi connectivity index (χ3n) is 3.97. The summed E-state index contributed by atoms with van der Waals surface area (Å²) in [5.41, 5.74) is 2.00. The highest BCUT2D eigenvalue weighted by atomic mass is 32.2. The van der Waals surface area contributed by atoms with Crippen molar-refractivity contribution in [2.75, 3.05) is 24.2 Å². The maximum absolute atomic E-state index is 13.4. The maximum atomic E-state index is 13.4. The molecule has 140 valence electrons. The van der Waals surface area contributed by atoms with E-state index in [1.54, 1.807) is 44.2 Å². The minimum atomic E-state index is -3.48. The molecule has 7 heteroatoms. The summed E-state index contributed by atoms with van der Waals surface area (Å²) >= 11 is 0. The minimum absolute atomic E-state index is 0.0485. The lowest BCUT2D eigenvalue weighted by Crippen LogP contribution is -2.38. The number of urea groups is 1. The molecule has 0 bridgehead atoms. The number of sulfone groups is 1. The molecular formula is C19H23FN2O3S. The molecule has 2 aromatic carbocycles. The molecule has 2 rings (SSSR count). The van der Waals surface area contributed by atoms with E-state index in [1.165, 1.54) is 17.0 Å². The summed E-state index contributed by atoms with van der Waals surface area (Å²) in [5, 5.41) is 2.61. The molecule has 26 heavy (non-hydrogen) atoms. The Kier molecular flexibility index (Phi) is 6.37. The molecule has 0 aromatic heterocycles. The second-order valence-corrected chi connectivity index (χ2v) is 8.27. The topological polar surface area (TPSA) is 66.5 Å². The zero-order valence-corrected chi connectivity index (χ0v) is 15.9. The van der Waals surface area contributed by atoms with Gasteiger partial charge in [0.25, 0.3) is 0 Å². The fourth-order valence-corrected chi connectivity index (χ4v) is 3.76. The Morgan fingerprint density at radius 3 is 2.31 bits per heavy atom. The van der Waals surface area contributed by atoms with Crippen molar-refractivity contribution in [2.45, 2.75) is 25.7 Å². The summed E-state index contributed by atoms with van der Waals surface area (Å²) in [6, 6.07) is 10.4. The second kappa shape index (κ2) is 8.31. The number of hydrogen-bond acceptors (Lipinski definition) is 3. The molecule has 2 amide bonds. The first-order valence-corrected chi connectivity index (χ1v) is 9.99. The second-order valence-electron chi connectivity index (χ2n) is 6.16. The van der Waals surface area contributed by atoms with Gasteiger partial charge in [-0.15, -0.1) is 0 Å². The molecule has 1 N–H and O–H groups in total. The van der Waals surface area contributed by atoms with Crippen LogP contribution in [0.2, 0.25) is 0 Å². The SMILES string of the molecule is CCN(CCS(=O)(=O)c1ccc(C)cc1)C(=O)Nc1cc(C)cc(F)c1. The number of carbonyl (C=O) groups excluding carboxylic acids is 1. The van der Waals surface area contributed by atoms with Gasteiger partial charge in [-0.3, -0.25) is 0 Å². The molecule has 0 aliphatic heterocycles. The maximum Gasteiger partial charge on any atom is 0.321 e. The molecule has 0 unspecified atom stereocenters. The zero-order valence-electron chi connectivity index (χ0n) is 15.1. The highest BCUT2D eigenvalue weighted by Gasteiger charge is 2.19. The number of amides is 2. The molecule has 0 atom stereocenters. The predicted molar refractivity (Wildman–Crippen MR) is 101 cm³/mol. The molecule has 5 nitrogen and oxygen atoms in total. The minimum Gasteiger partial charge on any atom is -0.324 e. The molecule has 0 saturated carbocycles. The number of aryl methyl sites for hydroxylation is 2. The van der Waals surface area contributed by atoms with Crippen molar-refractivity contribution in [1.29, 1.82) is 0 Å². The molecule has 0 radical (unpaired) electrons. The van der Waals surface area contributed by atoms with E-state index in [0.29, 0.717) is 17.8 Å². The Morgan fingerprint density at radius 2 is 1.73 bits per heavy atom. The predicted octanol–water partition coefficient (Wildman–Crippen LogP) is 3.77. The fourth-order valence-electron chi connectivity index (χ4n) is 2.51. The number of rotatable bonds is 6. The van der Waals surface area contributed by atoms with Crippen molar-refractivity contribution in [3.8, 4) is 0 Å². The lowest BCUT2D eigenvalue weighted by molar-refractivity contribution is 0.217. The normalized spacial score (nSPS) is 11.2. The van der Waals surface area contributed by atoms with Crippen LogP contribution in [0, 0.1) is 19.7 Å². The van der Waals surface area contributed by atoms with Crippen molar-refractivity contribution in [3.63, 3.8) is 0 Å². The fraction of sp³-hybridized carbons (Fsp3) is 0.316. The Labute approximate surface area is 153 Å². The van der Waals surface area contributed by atoms with Gasteiger partial charge in [0, 0.05) is 18.8 Å². The van der Waals surface area contributed by atoms with Gasteiger partial charge < -0.3 is 10.2 Å². The van der Waals surface area contributed by atoms with E-state index in [1.807, 2.05) is 6.92 Å². The van der Waals surface area contributed by atoms with E-state index >= 15 is 0 Å². The Hall–Kier alpha value is -2.41. The van der Waals surface area contributed by atoms with Gasteiger partial charge in [-0.05, 0) is 56.7 Å². The van der Waals surface area contributed by atoms with Crippen LogP contribution in [0.5, 0.6) is 0 Å². The number of hydrogen-bond donors (Lipinski definition) is 1. The molecular weight excluding hydrogens is 355 g/mol. The van der Waals surface area contributed by atoms with Crippen LogP contribution in [0.3, 0.4) is 0 Å². The average Bonchev–Trinajstić information content (AvgIpc) is 2.54. The lowest BCUT2D eigenvalue weighted by atomic mass is 10.2. The van der Waals surface area contributed by atoms with Crippen LogP contribution < -0.4 is 5.32 Å². The summed E-state index contributed by atoms with van der Waals surface area (Å²) in [4.78, 5) is 14.0. The Morgan fingerprint density at radius 1 is 1.08 bits per heavy atom. The smallest absolute Gasteiger partial charge is 0.321 e. The van der Waals surface area contributed by atoms with Gasteiger partial charge in [-0.2, -0.15) is 0 Å². The molecule has 0 aliphatic carbocycles. The van der Waals surface area contributed by atoms with E-state index in [0.717, 1.165) is 5.56 Å². The van der Waals surface area contributed by atoms with Crippen LogP contribution >= 0.6 is 0 Å². The summed E-state index contributed by atoms with van der Waals surface area (Å²) < 4.78 is 38.3. The Balaban J connectivity index is 2.03. The van der Waals surface area contributed by atoms with Crippen molar-refractivity contribution in [1.82, 2.24) is 4.90 Å². The number of nitrogens with zero attached hydrogens (tertiary/aromatic N) is 1. The molecule has 2 aromatic rings. The van der Waals surface area contributed by atoms with Crippen LogP contribution in [-0.2, 0) is 9.84 Å². The van der Waals surface area contributed by atoms with E-state index in [-0.39, 0.29) is 17.2 Å². The largest absolute Gasteiger partial charge is 0.324 e. The first-order valence-electron chi connectivity index (χ1n) is 8.34. The monoisotopic (exact) mass is 378 g/mol. The van der Waals surface area contributed by atoms with Crippen molar-refractivity contribution in [3.05, 3.63) is 59.4 Å². The van der Waals surface area contributed by atoms with Crippen molar-refractivity contribution in [2.24, 2.45) is 0 Å². The quantitative estimate of drug-likeness (QED) is 0.832. The lowest BCUT2D eigenvalue weighted by Gasteiger charge is -2.21. The van der Waals surface area contributed by atoms with Crippen LogP contribution in [0.15, 0.2) is 47.4 Å². The highest BCUT2D eigenvalue weighted by molar-refractivity contribution is 7.91. The molecule has 0 fully saturated rings. The van der Waals surface area contributed by atoms with Crippen LogP contribution in [0.1, 0.15) is 18.1 Å². The first-order chi connectivity index (χ1) is 12.2. The van der Waals surface area contributed by atoms with Gasteiger partial charge in [-0.25, -0.2) is 17.6 Å². The molecule has 0 heterocycles. The number of benzene rings is 2. The van der Waals surface area contributed by atoms with E-state index in [9.17, 15) is 17.6 Å². The van der Waals surface area contributed by atoms with E-state index in [2.05, 4.69) is 5.32 Å². The Bertz CT molecular complexity index is 860. The standard InChI is InChI=1S/C19H23FN2O3S/c1-4-22(19(23)21-17-12-15(3)11-16(20)13-17)9-10-26(24,25)18-7-5-14(2)6-8-18/h5-8,11-13H,4,9-10H2,1-3H3,(H,21,23). The molecule has 0 spiro atoms. The van der Waals surface area contributed by atoms with E-state index < -0.39 is 21.7 Å². The van der Waals surface area contributed by atoms with Crippen molar-refractivity contribution < 1.29 is 17.6 Å². The number of nitrogens with one attached hydrogen (secondary N) is 1. The van der Waals surface area contributed by atoms with Crippen LogP contribution in [-0.4, -0.2) is 38.2 Å². The van der Waals surface area contributed by atoms with Gasteiger partial charge in [0.15, 0.2) is 9.84 Å². The van der Waals surface area contributed by atoms with Crippen LogP contribution in [0.4, 0.5) is 14.9 Å². The van der Waals surface area contributed by atoms with Crippen molar-refractivity contribution >= 4 is 21.6 Å². The van der Waals surface area contributed by atoms with Gasteiger partial charge >= 0.3 is 6.03 Å². The molecule has 0 saturated heterocycles. The summed E-state index contributed by atoms with van der Waals surface area (Å²) in [7, 11) is -3.48. The molecule has 0 aliphatic rings. The summed E-state index contributed by atoms with van der Waals surface area (Å²) in [6.07, 6.45) is 0. The van der Waals surface area contributed by atoms with Crippen LogP contribution in [0.25, 0.3) is 0 Å². The number of anilines is 1. The van der Waals surface area contributed by atoms with E-state index in [4.69, 9.17) is 0 Å². The highest BCUT2D eigenvalue weighted by Crippen LogP contribution is 2.15. The zero-order chi connectivity index (χ0) is 19.3.